The van der Waals surface area contributed by atoms with Crippen molar-refractivity contribution in [2.45, 2.75) is 13.8 Å². The van der Waals surface area contributed by atoms with Gasteiger partial charge in [0.1, 0.15) is 5.76 Å². The van der Waals surface area contributed by atoms with Crippen LogP contribution >= 0.6 is 0 Å². The number of fused-ring (bicyclic) bond motifs is 1. The van der Waals surface area contributed by atoms with Crippen LogP contribution in [0.15, 0.2) is 24.5 Å². The summed E-state index contributed by atoms with van der Waals surface area (Å²) >= 11 is 0. The van der Waals surface area contributed by atoms with E-state index in [9.17, 15) is 4.39 Å². The molecule has 0 saturated carbocycles. The third-order valence-electron chi connectivity index (χ3n) is 2.62. The molecule has 1 heterocycles. The summed E-state index contributed by atoms with van der Waals surface area (Å²) in [6, 6.07) is 1.76. The summed E-state index contributed by atoms with van der Waals surface area (Å²) in [5, 5.41) is 0. The maximum absolute atomic E-state index is 14.1. The van der Waals surface area contributed by atoms with E-state index >= 15 is 0 Å². The second kappa shape index (κ2) is 5.12. The fraction of sp³-hybridized carbons (Fsp3) is 0.286. The lowest BCUT2D eigenvalue weighted by Crippen LogP contribution is -1.94. The highest BCUT2D eigenvalue weighted by Crippen LogP contribution is 2.38. The first-order chi connectivity index (χ1) is 8.63. The molecule has 0 aromatic heterocycles. The lowest BCUT2D eigenvalue weighted by atomic mass is 10.1. The van der Waals surface area contributed by atoms with Crippen LogP contribution in [0.1, 0.15) is 18.1 Å². The Kier molecular flexibility index (Phi) is 3.55. The van der Waals surface area contributed by atoms with Crippen molar-refractivity contribution in [2.24, 2.45) is 0 Å². The third-order valence-corrected chi connectivity index (χ3v) is 2.62. The van der Waals surface area contributed by atoms with Crippen LogP contribution in [0.5, 0.6) is 11.5 Å². The smallest absolute Gasteiger partial charge is 0.231 e. The zero-order valence-corrected chi connectivity index (χ0v) is 10.5. The summed E-state index contributed by atoms with van der Waals surface area (Å²) in [5.74, 6) is 0.699. The predicted molar refractivity (Wildman–Crippen MR) is 67.1 cm³/mol. The summed E-state index contributed by atoms with van der Waals surface area (Å²) in [5.41, 5.74) is 1.23. The lowest BCUT2D eigenvalue weighted by molar-refractivity contribution is 0.171. The molecule has 0 saturated heterocycles. The second-order valence-corrected chi connectivity index (χ2v) is 3.89. The fourth-order valence-corrected chi connectivity index (χ4v) is 1.75. The molecule has 0 bridgehead atoms. The Morgan fingerprint density at radius 2 is 2.33 bits per heavy atom. The van der Waals surface area contributed by atoms with Crippen molar-refractivity contribution in [3.05, 3.63) is 41.4 Å². The summed E-state index contributed by atoms with van der Waals surface area (Å²) in [7, 11) is 0. The van der Waals surface area contributed by atoms with Gasteiger partial charge in [-0.05, 0) is 37.6 Å². The van der Waals surface area contributed by atoms with Crippen molar-refractivity contribution in [1.82, 2.24) is 0 Å². The van der Waals surface area contributed by atoms with E-state index < -0.39 is 5.82 Å². The maximum Gasteiger partial charge on any atom is 0.231 e. The summed E-state index contributed by atoms with van der Waals surface area (Å²) < 4.78 is 29.6. The molecular formula is C14H15FO3. The zero-order chi connectivity index (χ0) is 13.1. The minimum Gasteiger partial charge on any atom is -0.495 e. The van der Waals surface area contributed by atoms with Crippen LogP contribution in [-0.4, -0.2) is 13.4 Å². The van der Waals surface area contributed by atoms with Gasteiger partial charge in [0, 0.05) is 5.56 Å². The molecule has 4 heteroatoms. The second-order valence-electron chi connectivity index (χ2n) is 3.89. The minimum atomic E-state index is -0.414. The SMILES string of the molecule is C=C(/C=C/c1c(C)cc2c(c1F)OCO2)OCC. The molecule has 96 valence electrons. The first-order valence-corrected chi connectivity index (χ1v) is 5.72. The van der Waals surface area contributed by atoms with Crippen molar-refractivity contribution in [1.29, 1.82) is 0 Å². The number of benzene rings is 1. The van der Waals surface area contributed by atoms with E-state index in [0.717, 1.165) is 5.56 Å². The van der Waals surface area contributed by atoms with E-state index in [-0.39, 0.29) is 12.5 Å². The Morgan fingerprint density at radius 3 is 3.06 bits per heavy atom. The highest BCUT2D eigenvalue weighted by atomic mass is 19.1. The van der Waals surface area contributed by atoms with Crippen molar-refractivity contribution < 1.29 is 18.6 Å². The molecule has 0 spiro atoms. The van der Waals surface area contributed by atoms with Gasteiger partial charge in [-0.25, -0.2) is 4.39 Å². The molecule has 18 heavy (non-hydrogen) atoms. The molecule has 2 rings (SSSR count). The van der Waals surface area contributed by atoms with Gasteiger partial charge in [-0.15, -0.1) is 0 Å². The Hall–Kier alpha value is -1.97. The first kappa shape index (κ1) is 12.5. The fourth-order valence-electron chi connectivity index (χ4n) is 1.75. The van der Waals surface area contributed by atoms with Crippen molar-refractivity contribution in [3.63, 3.8) is 0 Å². The number of hydrogen-bond donors (Lipinski definition) is 0. The molecular weight excluding hydrogens is 235 g/mol. The molecule has 1 aromatic carbocycles. The average molecular weight is 250 g/mol. The van der Waals surface area contributed by atoms with E-state index in [2.05, 4.69) is 6.58 Å². The Bertz CT molecular complexity index is 506. The van der Waals surface area contributed by atoms with Crippen molar-refractivity contribution in [2.75, 3.05) is 13.4 Å². The van der Waals surface area contributed by atoms with Crippen LogP contribution in [0.3, 0.4) is 0 Å². The quantitative estimate of drug-likeness (QED) is 0.605. The van der Waals surface area contributed by atoms with Gasteiger partial charge in [-0.3, -0.25) is 0 Å². The van der Waals surface area contributed by atoms with E-state index in [1.54, 1.807) is 18.2 Å². The number of rotatable bonds is 4. The molecule has 0 aliphatic carbocycles. The zero-order valence-electron chi connectivity index (χ0n) is 10.5. The van der Waals surface area contributed by atoms with Crippen LogP contribution < -0.4 is 9.47 Å². The van der Waals surface area contributed by atoms with Gasteiger partial charge >= 0.3 is 0 Å². The summed E-state index contributed by atoms with van der Waals surface area (Å²) in [4.78, 5) is 0. The molecule has 0 radical (unpaired) electrons. The molecule has 1 aliphatic heterocycles. The Labute approximate surface area is 105 Å². The Morgan fingerprint density at radius 1 is 1.56 bits per heavy atom. The maximum atomic E-state index is 14.1. The molecule has 3 nitrogen and oxygen atoms in total. The average Bonchev–Trinajstić information content (AvgIpc) is 2.77. The lowest BCUT2D eigenvalue weighted by Gasteiger charge is -2.06. The van der Waals surface area contributed by atoms with Crippen LogP contribution in [-0.2, 0) is 4.74 Å². The van der Waals surface area contributed by atoms with E-state index in [1.165, 1.54) is 0 Å². The summed E-state index contributed by atoms with van der Waals surface area (Å²) in [6.45, 7) is 7.98. The van der Waals surface area contributed by atoms with Crippen molar-refractivity contribution >= 4 is 6.08 Å². The predicted octanol–water partition coefficient (Wildman–Crippen LogP) is 3.43. The highest BCUT2D eigenvalue weighted by Gasteiger charge is 2.22. The van der Waals surface area contributed by atoms with Crippen molar-refractivity contribution in [3.8, 4) is 11.5 Å². The standard InChI is InChI=1S/C14H15FO3/c1-4-16-10(3)5-6-11-9(2)7-12-14(13(11)15)18-8-17-12/h5-7H,3-4,8H2,1-2H3/b6-5+. The molecule has 1 aliphatic rings. The number of ether oxygens (including phenoxy) is 3. The Balaban J connectivity index is 2.31. The molecule has 0 amide bonds. The topological polar surface area (TPSA) is 27.7 Å². The highest BCUT2D eigenvalue weighted by molar-refractivity contribution is 5.62. The molecule has 0 unspecified atom stereocenters. The monoisotopic (exact) mass is 250 g/mol. The molecule has 1 aromatic rings. The number of aryl methyl sites for hydroxylation is 1. The molecule has 0 N–H and O–H groups in total. The largest absolute Gasteiger partial charge is 0.495 e. The van der Waals surface area contributed by atoms with Gasteiger partial charge in [0.05, 0.1) is 6.61 Å². The van der Waals surface area contributed by atoms with Crippen LogP contribution in [0.4, 0.5) is 4.39 Å². The van der Waals surface area contributed by atoms with Crippen LogP contribution in [0.2, 0.25) is 0 Å². The molecule has 0 fully saturated rings. The van der Waals surface area contributed by atoms with E-state index in [1.807, 2.05) is 13.8 Å². The van der Waals surface area contributed by atoms with Gasteiger partial charge in [-0.1, -0.05) is 6.58 Å². The van der Waals surface area contributed by atoms with Gasteiger partial charge in [-0.2, -0.15) is 0 Å². The van der Waals surface area contributed by atoms with Gasteiger partial charge in [0.2, 0.25) is 12.5 Å². The van der Waals surface area contributed by atoms with Crippen LogP contribution in [0.25, 0.3) is 6.08 Å². The van der Waals surface area contributed by atoms with Crippen LogP contribution in [0, 0.1) is 12.7 Å². The number of hydrogen-bond acceptors (Lipinski definition) is 3. The van der Waals surface area contributed by atoms with Gasteiger partial charge < -0.3 is 14.2 Å². The van der Waals surface area contributed by atoms with E-state index in [4.69, 9.17) is 14.2 Å². The number of halogens is 1. The van der Waals surface area contributed by atoms with E-state index in [0.29, 0.717) is 23.7 Å². The van der Waals surface area contributed by atoms with Gasteiger partial charge in [0.25, 0.3) is 0 Å². The number of allylic oxidation sites excluding steroid dienone is 1. The molecule has 0 atom stereocenters. The third kappa shape index (κ3) is 2.32. The first-order valence-electron chi connectivity index (χ1n) is 5.72. The minimum absolute atomic E-state index is 0.0600. The normalized spacial score (nSPS) is 13.1. The van der Waals surface area contributed by atoms with Gasteiger partial charge in [0.15, 0.2) is 11.6 Å². The summed E-state index contributed by atoms with van der Waals surface area (Å²) in [6.07, 6.45) is 3.27.